The number of hydrogen-bond acceptors (Lipinski definition) is 5. The molecule has 0 unspecified atom stereocenters. The first kappa shape index (κ1) is 21.7. The summed E-state index contributed by atoms with van der Waals surface area (Å²) in [6, 6.07) is 16.0. The predicted molar refractivity (Wildman–Crippen MR) is 116 cm³/mol. The lowest BCUT2D eigenvalue weighted by Crippen LogP contribution is -2.20. The molecule has 0 aliphatic carbocycles. The lowest BCUT2D eigenvalue weighted by atomic mass is 9.95. The van der Waals surface area contributed by atoms with Crippen molar-refractivity contribution >= 4 is 0 Å². The Labute approximate surface area is 184 Å². The molecule has 0 aliphatic rings. The highest BCUT2D eigenvalue weighted by molar-refractivity contribution is 5.60. The number of H-pyrrole nitrogens is 1. The molecule has 0 saturated heterocycles. The molecule has 9 heteroatoms. The van der Waals surface area contributed by atoms with Crippen molar-refractivity contribution in [1.29, 1.82) is 0 Å². The number of alkyl halides is 2. The summed E-state index contributed by atoms with van der Waals surface area (Å²) in [5.74, 6) is -2.44. The fraction of sp³-hybridized carbons (Fsp3) is 0.348. The van der Waals surface area contributed by atoms with Crippen LogP contribution in [0.2, 0.25) is 0 Å². The van der Waals surface area contributed by atoms with Crippen LogP contribution in [0.3, 0.4) is 0 Å². The number of nitrogens with zero attached hydrogens (tertiary/aromatic N) is 6. The van der Waals surface area contributed by atoms with Crippen LogP contribution in [0.25, 0.3) is 11.4 Å². The van der Waals surface area contributed by atoms with Crippen LogP contribution in [-0.4, -0.2) is 35.4 Å². The van der Waals surface area contributed by atoms with Crippen molar-refractivity contribution in [3.8, 4) is 11.4 Å². The van der Waals surface area contributed by atoms with E-state index in [1.165, 1.54) is 0 Å². The molecule has 166 valence electrons. The molecular weight excluding hydrogens is 412 g/mol. The van der Waals surface area contributed by atoms with Crippen molar-refractivity contribution in [3.63, 3.8) is 0 Å². The van der Waals surface area contributed by atoms with E-state index in [4.69, 9.17) is 0 Å². The van der Waals surface area contributed by atoms with Gasteiger partial charge in [0.1, 0.15) is 5.82 Å². The molecule has 0 spiro atoms. The zero-order valence-corrected chi connectivity index (χ0v) is 18.5. The SMILES string of the molecule is CC(C)(C)c1nc(C(C)(F)F)nn1Cc1ccc(Cc2ccccc2-c2nn[nH]n2)cc1. The van der Waals surface area contributed by atoms with Crippen LogP contribution in [-0.2, 0) is 24.3 Å². The molecule has 0 aliphatic heterocycles. The monoisotopic (exact) mass is 437 g/mol. The minimum atomic E-state index is -3.08. The van der Waals surface area contributed by atoms with Crippen LogP contribution in [0.15, 0.2) is 48.5 Å². The van der Waals surface area contributed by atoms with Gasteiger partial charge in [-0.05, 0) is 28.3 Å². The fourth-order valence-corrected chi connectivity index (χ4v) is 3.52. The average molecular weight is 437 g/mol. The van der Waals surface area contributed by atoms with E-state index in [1.807, 2.05) is 69.3 Å². The minimum Gasteiger partial charge on any atom is -0.245 e. The summed E-state index contributed by atoms with van der Waals surface area (Å²) in [6.07, 6.45) is 0.702. The highest BCUT2D eigenvalue weighted by Gasteiger charge is 2.33. The molecule has 0 radical (unpaired) electrons. The summed E-state index contributed by atoms with van der Waals surface area (Å²) >= 11 is 0. The van der Waals surface area contributed by atoms with Gasteiger partial charge in [-0.25, -0.2) is 9.67 Å². The molecule has 4 rings (SSSR count). The van der Waals surface area contributed by atoms with Gasteiger partial charge in [0.25, 0.3) is 0 Å². The number of nitrogens with one attached hydrogen (secondary N) is 1. The Balaban J connectivity index is 1.56. The van der Waals surface area contributed by atoms with Gasteiger partial charge >= 0.3 is 5.92 Å². The molecule has 4 aromatic rings. The molecule has 2 aromatic carbocycles. The maximum atomic E-state index is 13.8. The van der Waals surface area contributed by atoms with Crippen LogP contribution in [0, 0.1) is 0 Å². The van der Waals surface area contributed by atoms with Gasteiger partial charge in [-0.3, -0.25) is 0 Å². The van der Waals surface area contributed by atoms with Gasteiger partial charge in [0.05, 0.1) is 6.54 Å². The van der Waals surface area contributed by atoms with Crippen LogP contribution >= 0.6 is 0 Å². The third kappa shape index (κ3) is 4.71. The molecule has 0 fully saturated rings. The largest absolute Gasteiger partial charge is 0.305 e. The summed E-state index contributed by atoms with van der Waals surface area (Å²) in [4.78, 5) is 4.14. The van der Waals surface area contributed by atoms with Crippen molar-refractivity contribution in [2.45, 2.75) is 52.0 Å². The van der Waals surface area contributed by atoms with Crippen LogP contribution < -0.4 is 0 Å². The predicted octanol–water partition coefficient (Wildman–Crippen LogP) is 4.51. The topological polar surface area (TPSA) is 85.2 Å². The molecule has 2 aromatic heterocycles. The number of benzene rings is 2. The molecule has 0 bridgehead atoms. The van der Waals surface area contributed by atoms with Crippen LogP contribution in [0.5, 0.6) is 0 Å². The van der Waals surface area contributed by atoms with Crippen molar-refractivity contribution in [3.05, 3.63) is 76.9 Å². The lowest BCUT2D eigenvalue weighted by molar-refractivity contribution is 0.00753. The zero-order chi connectivity index (χ0) is 22.9. The molecule has 0 atom stereocenters. The van der Waals surface area contributed by atoms with E-state index in [-0.39, 0.29) is 0 Å². The summed E-state index contributed by atoms with van der Waals surface area (Å²) in [7, 11) is 0. The first-order valence-corrected chi connectivity index (χ1v) is 10.3. The van der Waals surface area contributed by atoms with E-state index >= 15 is 0 Å². The molecule has 2 heterocycles. The molecule has 7 nitrogen and oxygen atoms in total. The smallest absolute Gasteiger partial charge is 0.245 e. The Bertz CT molecular complexity index is 1180. The Morgan fingerprint density at radius 3 is 2.25 bits per heavy atom. The summed E-state index contributed by atoms with van der Waals surface area (Å²) < 4.78 is 29.2. The fourth-order valence-electron chi connectivity index (χ4n) is 3.52. The molecule has 0 amide bonds. The Morgan fingerprint density at radius 1 is 0.938 bits per heavy atom. The number of halogens is 2. The zero-order valence-electron chi connectivity index (χ0n) is 18.5. The highest BCUT2D eigenvalue weighted by Crippen LogP contribution is 2.28. The van der Waals surface area contributed by atoms with Gasteiger partial charge in [0, 0.05) is 17.9 Å². The second kappa shape index (κ2) is 8.22. The standard InChI is InChI=1S/C23H25F2N7/c1-22(2,3)21-26-20(23(4,24)25)29-32(21)14-16-11-9-15(10-12-16)13-17-7-5-6-8-18(17)19-27-30-31-28-19/h5-12H,13-14H2,1-4H3,(H,27,28,30,31). The Kier molecular flexibility index (Phi) is 5.58. The second-order valence-corrected chi connectivity index (χ2v) is 8.94. The van der Waals surface area contributed by atoms with Gasteiger partial charge in [-0.1, -0.05) is 69.3 Å². The molecule has 0 saturated carbocycles. The number of rotatable bonds is 6. The van der Waals surface area contributed by atoms with E-state index in [2.05, 4.69) is 30.7 Å². The minimum absolute atomic E-state index is 0.370. The van der Waals surface area contributed by atoms with E-state index in [9.17, 15) is 8.78 Å². The van der Waals surface area contributed by atoms with E-state index in [0.717, 1.165) is 29.2 Å². The van der Waals surface area contributed by atoms with Gasteiger partial charge in [0.2, 0.25) is 11.6 Å². The summed E-state index contributed by atoms with van der Waals surface area (Å²) in [6.45, 7) is 7.01. The third-order valence-electron chi connectivity index (χ3n) is 5.09. The average Bonchev–Trinajstić information content (AvgIpc) is 3.39. The lowest BCUT2D eigenvalue weighted by Gasteiger charge is -2.18. The van der Waals surface area contributed by atoms with E-state index in [1.54, 1.807) is 4.68 Å². The Hall–Kier alpha value is -3.49. The number of aromatic amines is 1. The normalized spacial score (nSPS) is 12.3. The maximum absolute atomic E-state index is 13.8. The summed E-state index contributed by atoms with van der Waals surface area (Å²) in [5.41, 5.74) is 3.68. The van der Waals surface area contributed by atoms with Crippen molar-refractivity contribution in [1.82, 2.24) is 35.4 Å². The van der Waals surface area contributed by atoms with Gasteiger partial charge in [0.15, 0.2) is 0 Å². The number of tetrazole rings is 1. The van der Waals surface area contributed by atoms with Crippen LogP contribution in [0.4, 0.5) is 8.78 Å². The van der Waals surface area contributed by atoms with E-state index < -0.39 is 17.2 Å². The number of hydrogen-bond donors (Lipinski definition) is 1. The van der Waals surface area contributed by atoms with Gasteiger partial charge < -0.3 is 0 Å². The first-order valence-electron chi connectivity index (χ1n) is 10.3. The Morgan fingerprint density at radius 2 is 1.62 bits per heavy atom. The van der Waals surface area contributed by atoms with Crippen molar-refractivity contribution in [2.24, 2.45) is 0 Å². The molecule has 32 heavy (non-hydrogen) atoms. The van der Waals surface area contributed by atoms with Gasteiger partial charge in [-0.2, -0.15) is 14.0 Å². The van der Waals surface area contributed by atoms with Crippen LogP contribution in [0.1, 0.15) is 56.0 Å². The van der Waals surface area contributed by atoms with E-state index in [0.29, 0.717) is 24.6 Å². The van der Waals surface area contributed by atoms with Crippen molar-refractivity contribution < 1.29 is 8.78 Å². The highest BCUT2D eigenvalue weighted by atomic mass is 19.3. The summed E-state index contributed by atoms with van der Waals surface area (Å²) in [5, 5.41) is 18.4. The quantitative estimate of drug-likeness (QED) is 0.480. The third-order valence-corrected chi connectivity index (χ3v) is 5.09. The second-order valence-electron chi connectivity index (χ2n) is 8.94. The molecule has 1 N–H and O–H groups in total. The maximum Gasteiger partial charge on any atom is 0.305 e. The van der Waals surface area contributed by atoms with Gasteiger partial charge in [-0.15, -0.1) is 15.3 Å². The molecular formula is C23H25F2N7. The first-order chi connectivity index (χ1) is 15.1. The van der Waals surface area contributed by atoms with Crippen molar-refractivity contribution in [2.75, 3.05) is 0 Å². The number of aromatic nitrogens is 7.